The van der Waals surface area contributed by atoms with Gasteiger partial charge in [-0.05, 0) is 24.7 Å². The van der Waals surface area contributed by atoms with Crippen molar-refractivity contribution in [3.8, 4) is 0 Å². The third-order valence-electron chi connectivity index (χ3n) is 2.89. The summed E-state index contributed by atoms with van der Waals surface area (Å²) in [5.41, 5.74) is 0. The SMILES string of the molecule is CC(C)CCS(=O)(=O)N(CCC(C)(C)S)CC(C)C. The molecule has 3 nitrogen and oxygen atoms in total. The van der Waals surface area contributed by atoms with Crippen molar-refractivity contribution >= 4 is 22.7 Å². The van der Waals surface area contributed by atoms with Crippen LogP contribution in [0.2, 0.25) is 0 Å². The van der Waals surface area contributed by atoms with Crippen LogP contribution >= 0.6 is 12.6 Å². The molecule has 0 saturated heterocycles. The third kappa shape index (κ3) is 9.74. The fraction of sp³-hybridized carbons (Fsp3) is 1.00. The summed E-state index contributed by atoms with van der Waals surface area (Å²) in [6, 6.07) is 0. The Hall–Kier alpha value is 0.260. The van der Waals surface area contributed by atoms with E-state index in [1.807, 2.05) is 13.8 Å². The van der Waals surface area contributed by atoms with Crippen molar-refractivity contribution in [3.05, 3.63) is 0 Å². The Kier molecular flexibility index (Phi) is 8.00. The maximum Gasteiger partial charge on any atom is 0.214 e. The summed E-state index contributed by atoms with van der Waals surface area (Å²) in [7, 11) is -3.14. The van der Waals surface area contributed by atoms with E-state index in [2.05, 4.69) is 40.3 Å². The second-order valence-corrected chi connectivity index (χ2v) is 10.1. The maximum absolute atomic E-state index is 12.4. The van der Waals surface area contributed by atoms with Gasteiger partial charge in [0.05, 0.1) is 5.75 Å². The zero-order valence-corrected chi connectivity index (χ0v) is 15.0. The van der Waals surface area contributed by atoms with Crippen LogP contribution in [0.4, 0.5) is 0 Å². The van der Waals surface area contributed by atoms with E-state index < -0.39 is 10.0 Å². The van der Waals surface area contributed by atoms with Gasteiger partial charge in [0.25, 0.3) is 0 Å². The molecule has 0 radical (unpaired) electrons. The number of sulfonamides is 1. The summed E-state index contributed by atoms with van der Waals surface area (Å²) in [4.78, 5) is 0. The Labute approximate surface area is 125 Å². The molecule has 0 saturated carbocycles. The van der Waals surface area contributed by atoms with E-state index in [1.54, 1.807) is 4.31 Å². The van der Waals surface area contributed by atoms with Crippen molar-refractivity contribution in [2.75, 3.05) is 18.8 Å². The van der Waals surface area contributed by atoms with Crippen LogP contribution < -0.4 is 0 Å². The summed E-state index contributed by atoms with van der Waals surface area (Å²) in [5.74, 6) is 1.01. The first-order chi connectivity index (χ1) is 8.44. The molecule has 0 aromatic heterocycles. The summed E-state index contributed by atoms with van der Waals surface area (Å²) in [5, 5.41) is 0. The van der Waals surface area contributed by atoms with Gasteiger partial charge in [0.1, 0.15) is 0 Å². The highest BCUT2D eigenvalue weighted by atomic mass is 32.2. The lowest BCUT2D eigenvalue weighted by atomic mass is 10.1. The molecule has 0 unspecified atom stereocenters. The highest BCUT2D eigenvalue weighted by molar-refractivity contribution is 7.89. The van der Waals surface area contributed by atoms with Crippen LogP contribution in [0.1, 0.15) is 54.4 Å². The van der Waals surface area contributed by atoms with Crippen LogP contribution in [0.15, 0.2) is 0 Å². The first kappa shape index (κ1) is 19.3. The molecule has 0 N–H and O–H groups in total. The minimum Gasteiger partial charge on any atom is -0.212 e. The molecule has 0 rings (SSSR count). The molecule has 0 aliphatic rings. The molecule has 19 heavy (non-hydrogen) atoms. The second kappa shape index (κ2) is 7.89. The zero-order valence-electron chi connectivity index (χ0n) is 13.3. The van der Waals surface area contributed by atoms with Gasteiger partial charge in [0.15, 0.2) is 0 Å². The number of hydrogen-bond acceptors (Lipinski definition) is 3. The molecule has 0 fully saturated rings. The summed E-state index contributed by atoms with van der Waals surface area (Å²) < 4.78 is 26.3. The standard InChI is InChI=1S/C14H31NO2S2/c1-12(2)7-10-19(16,17)15(11-13(3)4)9-8-14(5,6)18/h12-13,18H,7-11H2,1-6H3. The number of thiol groups is 1. The Bertz CT molecular complexity index is 343. The van der Waals surface area contributed by atoms with Gasteiger partial charge in [0, 0.05) is 17.8 Å². The fourth-order valence-corrected chi connectivity index (χ4v) is 3.69. The third-order valence-corrected chi connectivity index (χ3v) is 4.98. The molecule has 0 heterocycles. The monoisotopic (exact) mass is 309 g/mol. The Morgan fingerprint density at radius 2 is 1.63 bits per heavy atom. The molecule has 0 amide bonds. The summed E-state index contributed by atoms with van der Waals surface area (Å²) in [6.45, 7) is 13.4. The van der Waals surface area contributed by atoms with Gasteiger partial charge in [0.2, 0.25) is 10.0 Å². The highest BCUT2D eigenvalue weighted by Gasteiger charge is 2.25. The Balaban J connectivity index is 4.72. The topological polar surface area (TPSA) is 37.4 Å². The molecule has 0 aliphatic carbocycles. The van der Waals surface area contributed by atoms with Gasteiger partial charge >= 0.3 is 0 Å². The van der Waals surface area contributed by atoms with Gasteiger partial charge in [-0.25, -0.2) is 12.7 Å². The number of hydrogen-bond donors (Lipinski definition) is 1. The van der Waals surface area contributed by atoms with E-state index in [9.17, 15) is 8.42 Å². The minimum absolute atomic E-state index is 0.136. The molecular formula is C14H31NO2S2. The lowest BCUT2D eigenvalue weighted by Crippen LogP contribution is -2.38. The number of nitrogens with zero attached hydrogens (tertiary/aromatic N) is 1. The molecule has 0 spiro atoms. The molecule has 116 valence electrons. The molecule has 0 aromatic carbocycles. The second-order valence-electron chi connectivity index (χ2n) is 6.81. The zero-order chi connectivity index (χ0) is 15.3. The van der Waals surface area contributed by atoms with Crippen LogP contribution in [0.25, 0.3) is 0 Å². The Morgan fingerprint density at radius 3 is 2.00 bits per heavy atom. The highest BCUT2D eigenvalue weighted by Crippen LogP contribution is 2.20. The summed E-state index contributed by atoms with van der Waals surface area (Å²) in [6.07, 6.45) is 1.49. The predicted molar refractivity (Wildman–Crippen MR) is 87.3 cm³/mol. The van der Waals surface area contributed by atoms with Gasteiger partial charge in [-0.1, -0.05) is 41.5 Å². The Morgan fingerprint density at radius 1 is 1.11 bits per heavy atom. The van der Waals surface area contributed by atoms with Crippen LogP contribution in [0.5, 0.6) is 0 Å². The summed E-state index contributed by atoms with van der Waals surface area (Å²) >= 11 is 4.48. The normalized spacial score (nSPS) is 13.8. The molecule has 0 bridgehead atoms. The average Bonchev–Trinajstić information content (AvgIpc) is 2.19. The van der Waals surface area contributed by atoms with E-state index >= 15 is 0 Å². The van der Waals surface area contributed by atoms with Gasteiger partial charge in [-0.15, -0.1) is 0 Å². The van der Waals surface area contributed by atoms with Gasteiger partial charge in [-0.3, -0.25) is 0 Å². The van der Waals surface area contributed by atoms with Crippen molar-refractivity contribution in [2.24, 2.45) is 11.8 Å². The van der Waals surface area contributed by atoms with Crippen molar-refractivity contribution in [1.29, 1.82) is 0 Å². The van der Waals surface area contributed by atoms with Crippen LogP contribution in [0.3, 0.4) is 0 Å². The minimum atomic E-state index is -3.14. The van der Waals surface area contributed by atoms with E-state index in [1.165, 1.54) is 0 Å². The lowest BCUT2D eigenvalue weighted by Gasteiger charge is -2.27. The molecule has 0 aromatic rings. The van der Waals surface area contributed by atoms with Crippen LogP contribution in [-0.2, 0) is 10.0 Å². The predicted octanol–water partition coefficient (Wildman–Crippen LogP) is 3.42. The van der Waals surface area contributed by atoms with E-state index in [4.69, 9.17) is 0 Å². The van der Waals surface area contributed by atoms with Crippen LogP contribution in [-0.4, -0.2) is 36.3 Å². The first-order valence-corrected chi connectivity index (χ1v) is 9.20. The molecule has 0 aliphatic heterocycles. The average molecular weight is 310 g/mol. The van der Waals surface area contributed by atoms with Gasteiger partial charge < -0.3 is 0 Å². The largest absolute Gasteiger partial charge is 0.214 e. The van der Waals surface area contributed by atoms with Crippen molar-refractivity contribution in [3.63, 3.8) is 0 Å². The van der Waals surface area contributed by atoms with Crippen LogP contribution in [0, 0.1) is 11.8 Å². The van der Waals surface area contributed by atoms with Gasteiger partial charge in [-0.2, -0.15) is 12.6 Å². The van der Waals surface area contributed by atoms with Crippen molar-refractivity contribution < 1.29 is 8.42 Å². The quantitative estimate of drug-likeness (QED) is 0.663. The molecule has 5 heteroatoms. The fourth-order valence-electron chi connectivity index (χ4n) is 1.66. The van der Waals surface area contributed by atoms with E-state index in [-0.39, 0.29) is 10.5 Å². The maximum atomic E-state index is 12.4. The van der Waals surface area contributed by atoms with E-state index in [0.717, 1.165) is 12.8 Å². The first-order valence-electron chi connectivity index (χ1n) is 7.14. The molecule has 0 atom stereocenters. The number of rotatable bonds is 9. The lowest BCUT2D eigenvalue weighted by molar-refractivity contribution is 0.351. The van der Waals surface area contributed by atoms with Crippen molar-refractivity contribution in [2.45, 2.75) is 59.1 Å². The van der Waals surface area contributed by atoms with E-state index in [0.29, 0.717) is 24.9 Å². The smallest absolute Gasteiger partial charge is 0.212 e. The molecular weight excluding hydrogens is 278 g/mol. The van der Waals surface area contributed by atoms with Crippen molar-refractivity contribution in [1.82, 2.24) is 4.31 Å².